The standard InChI is InChI=1S/C9H16N2O/c1-7(2)11-6-8(3)9-10-4-5-12-9/h4-5,7-8,11H,6H2,1-3H3. The van der Waals surface area contributed by atoms with E-state index in [9.17, 15) is 0 Å². The zero-order valence-electron chi connectivity index (χ0n) is 7.87. The van der Waals surface area contributed by atoms with Crippen molar-refractivity contribution in [2.24, 2.45) is 0 Å². The minimum absolute atomic E-state index is 0.349. The van der Waals surface area contributed by atoms with Gasteiger partial charge in [0.1, 0.15) is 6.26 Å². The third-order valence-corrected chi connectivity index (χ3v) is 1.71. The molecule has 3 nitrogen and oxygen atoms in total. The van der Waals surface area contributed by atoms with E-state index in [1.165, 1.54) is 0 Å². The second kappa shape index (κ2) is 4.26. The first-order valence-electron chi connectivity index (χ1n) is 4.33. The van der Waals surface area contributed by atoms with E-state index in [0.717, 1.165) is 12.4 Å². The van der Waals surface area contributed by atoms with Gasteiger partial charge < -0.3 is 9.73 Å². The first-order chi connectivity index (χ1) is 5.70. The van der Waals surface area contributed by atoms with Gasteiger partial charge in [0, 0.05) is 18.5 Å². The molecule has 0 aliphatic carbocycles. The Balaban J connectivity index is 2.34. The van der Waals surface area contributed by atoms with E-state index in [0.29, 0.717) is 12.0 Å². The Morgan fingerprint density at radius 3 is 2.75 bits per heavy atom. The van der Waals surface area contributed by atoms with Crippen LogP contribution in [-0.2, 0) is 0 Å². The van der Waals surface area contributed by atoms with Crippen molar-refractivity contribution >= 4 is 0 Å². The van der Waals surface area contributed by atoms with Gasteiger partial charge in [-0.25, -0.2) is 4.98 Å². The molecule has 1 aromatic heterocycles. The summed E-state index contributed by atoms with van der Waals surface area (Å²) in [4.78, 5) is 4.09. The summed E-state index contributed by atoms with van der Waals surface area (Å²) in [6.45, 7) is 7.27. The number of hydrogen-bond donors (Lipinski definition) is 1. The summed E-state index contributed by atoms with van der Waals surface area (Å²) in [6.07, 6.45) is 3.29. The molecule has 1 N–H and O–H groups in total. The highest BCUT2D eigenvalue weighted by Crippen LogP contribution is 2.10. The van der Waals surface area contributed by atoms with Crippen LogP contribution in [0.5, 0.6) is 0 Å². The summed E-state index contributed by atoms with van der Waals surface area (Å²) >= 11 is 0. The van der Waals surface area contributed by atoms with Gasteiger partial charge >= 0.3 is 0 Å². The van der Waals surface area contributed by atoms with Crippen molar-refractivity contribution in [1.29, 1.82) is 0 Å². The van der Waals surface area contributed by atoms with Crippen molar-refractivity contribution in [3.05, 3.63) is 18.4 Å². The van der Waals surface area contributed by atoms with Gasteiger partial charge in [0.25, 0.3) is 0 Å². The third-order valence-electron chi connectivity index (χ3n) is 1.71. The van der Waals surface area contributed by atoms with E-state index in [-0.39, 0.29) is 0 Å². The lowest BCUT2D eigenvalue weighted by Crippen LogP contribution is -2.27. The first-order valence-corrected chi connectivity index (χ1v) is 4.33. The predicted molar refractivity (Wildman–Crippen MR) is 48.1 cm³/mol. The lowest BCUT2D eigenvalue weighted by Gasteiger charge is -2.11. The highest BCUT2D eigenvalue weighted by atomic mass is 16.3. The van der Waals surface area contributed by atoms with E-state index in [1.54, 1.807) is 12.5 Å². The molecule has 1 rings (SSSR count). The molecule has 3 heteroatoms. The quantitative estimate of drug-likeness (QED) is 0.744. The summed E-state index contributed by atoms with van der Waals surface area (Å²) in [5.41, 5.74) is 0. The van der Waals surface area contributed by atoms with E-state index in [1.807, 2.05) is 0 Å². The molecule has 12 heavy (non-hydrogen) atoms. The van der Waals surface area contributed by atoms with Gasteiger partial charge in [-0.2, -0.15) is 0 Å². The maximum Gasteiger partial charge on any atom is 0.198 e. The molecule has 0 aromatic carbocycles. The molecule has 1 unspecified atom stereocenters. The molecule has 0 bridgehead atoms. The molecular weight excluding hydrogens is 152 g/mol. The maximum atomic E-state index is 5.18. The number of nitrogens with one attached hydrogen (secondary N) is 1. The lowest BCUT2D eigenvalue weighted by atomic mass is 10.2. The lowest BCUT2D eigenvalue weighted by molar-refractivity contribution is 0.433. The van der Waals surface area contributed by atoms with Crippen LogP contribution in [-0.4, -0.2) is 17.6 Å². The molecule has 1 atom stereocenters. The summed E-state index contributed by atoms with van der Waals surface area (Å²) in [5, 5.41) is 3.33. The van der Waals surface area contributed by atoms with Gasteiger partial charge in [0.05, 0.1) is 6.20 Å². The third kappa shape index (κ3) is 2.66. The summed E-state index contributed by atoms with van der Waals surface area (Å²) in [5.74, 6) is 1.16. The van der Waals surface area contributed by atoms with E-state index >= 15 is 0 Å². The highest BCUT2D eigenvalue weighted by Gasteiger charge is 2.09. The Bertz CT molecular complexity index is 206. The number of nitrogens with zero attached hydrogens (tertiary/aromatic N) is 1. The van der Waals surface area contributed by atoms with Crippen LogP contribution in [0.2, 0.25) is 0 Å². The van der Waals surface area contributed by atoms with Crippen LogP contribution in [0, 0.1) is 0 Å². The van der Waals surface area contributed by atoms with Crippen molar-refractivity contribution < 1.29 is 4.42 Å². The fraction of sp³-hybridized carbons (Fsp3) is 0.667. The van der Waals surface area contributed by atoms with Crippen LogP contribution in [0.1, 0.15) is 32.6 Å². The highest BCUT2D eigenvalue weighted by molar-refractivity contribution is 4.90. The average molecular weight is 168 g/mol. The summed E-state index contributed by atoms with van der Waals surface area (Å²) in [7, 11) is 0. The molecule has 0 amide bonds. The van der Waals surface area contributed by atoms with Crippen LogP contribution in [0.3, 0.4) is 0 Å². The molecule has 0 aliphatic rings. The van der Waals surface area contributed by atoms with E-state index < -0.39 is 0 Å². The molecule has 0 radical (unpaired) electrons. The minimum atomic E-state index is 0.349. The fourth-order valence-corrected chi connectivity index (χ4v) is 0.978. The molecular formula is C9H16N2O. The largest absolute Gasteiger partial charge is 0.449 e. The van der Waals surface area contributed by atoms with E-state index in [2.05, 4.69) is 31.1 Å². The molecule has 1 heterocycles. The minimum Gasteiger partial charge on any atom is -0.449 e. The molecule has 68 valence electrons. The van der Waals surface area contributed by atoms with Crippen molar-refractivity contribution in [2.45, 2.75) is 32.7 Å². The van der Waals surface area contributed by atoms with Gasteiger partial charge in [0.15, 0.2) is 5.89 Å². The Morgan fingerprint density at radius 1 is 1.50 bits per heavy atom. The number of aromatic nitrogens is 1. The average Bonchev–Trinajstić information content (AvgIpc) is 2.51. The van der Waals surface area contributed by atoms with Gasteiger partial charge in [-0.1, -0.05) is 20.8 Å². The molecule has 0 saturated heterocycles. The van der Waals surface area contributed by atoms with Gasteiger partial charge in [-0.15, -0.1) is 0 Å². The zero-order valence-corrected chi connectivity index (χ0v) is 7.87. The van der Waals surface area contributed by atoms with E-state index in [4.69, 9.17) is 4.42 Å². The smallest absolute Gasteiger partial charge is 0.198 e. The molecule has 0 fully saturated rings. The Labute approximate surface area is 73.2 Å². The van der Waals surface area contributed by atoms with Crippen LogP contribution >= 0.6 is 0 Å². The van der Waals surface area contributed by atoms with Crippen molar-refractivity contribution in [1.82, 2.24) is 10.3 Å². The van der Waals surface area contributed by atoms with Crippen LogP contribution in [0.25, 0.3) is 0 Å². The van der Waals surface area contributed by atoms with Crippen molar-refractivity contribution in [3.8, 4) is 0 Å². The normalized spacial score (nSPS) is 13.7. The Hall–Kier alpha value is -0.830. The molecule has 0 aliphatic heterocycles. The zero-order chi connectivity index (χ0) is 8.97. The number of hydrogen-bond acceptors (Lipinski definition) is 3. The summed E-state index contributed by atoms with van der Waals surface area (Å²) in [6, 6.07) is 0.516. The van der Waals surface area contributed by atoms with Crippen LogP contribution in [0.4, 0.5) is 0 Å². The van der Waals surface area contributed by atoms with Crippen LogP contribution < -0.4 is 5.32 Å². The fourth-order valence-electron chi connectivity index (χ4n) is 0.978. The van der Waals surface area contributed by atoms with Gasteiger partial charge in [-0.3, -0.25) is 0 Å². The topological polar surface area (TPSA) is 38.1 Å². The number of rotatable bonds is 4. The maximum absolute atomic E-state index is 5.18. The van der Waals surface area contributed by atoms with Crippen molar-refractivity contribution in [3.63, 3.8) is 0 Å². The second-order valence-corrected chi connectivity index (χ2v) is 3.33. The molecule has 0 saturated carbocycles. The number of oxazole rings is 1. The van der Waals surface area contributed by atoms with Crippen molar-refractivity contribution in [2.75, 3.05) is 6.54 Å². The summed E-state index contributed by atoms with van der Waals surface area (Å²) < 4.78 is 5.18. The molecule has 0 spiro atoms. The Morgan fingerprint density at radius 2 is 2.25 bits per heavy atom. The molecule has 1 aromatic rings. The monoisotopic (exact) mass is 168 g/mol. The second-order valence-electron chi connectivity index (χ2n) is 3.33. The SMILES string of the molecule is CC(C)NCC(C)c1ncco1. The van der Waals surface area contributed by atoms with Gasteiger partial charge in [-0.05, 0) is 0 Å². The first kappa shape index (κ1) is 9.26. The Kier molecular flexibility index (Phi) is 3.29. The van der Waals surface area contributed by atoms with Gasteiger partial charge in [0.2, 0.25) is 0 Å². The predicted octanol–water partition coefficient (Wildman–Crippen LogP) is 1.78. The van der Waals surface area contributed by atoms with Crippen LogP contribution in [0.15, 0.2) is 16.9 Å².